The summed E-state index contributed by atoms with van der Waals surface area (Å²) >= 11 is 0. The summed E-state index contributed by atoms with van der Waals surface area (Å²) in [6.45, 7) is 3.26. The van der Waals surface area contributed by atoms with Crippen LogP contribution in [0.1, 0.15) is 24.4 Å². The van der Waals surface area contributed by atoms with Gasteiger partial charge in [0, 0.05) is 46.1 Å². The van der Waals surface area contributed by atoms with Crippen LogP contribution in [0.5, 0.6) is 0 Å². The average molecular weight is 377 g/mol. The van der Waals surface area contributed by atoms with E-state index in [2.05, 4.69) is 4.90 Å². The van der Waals surface area contributed by atoms with Crippen molar-refractivity contribution in [1.29, 1.82) is 0 Å². The number of ether oxygens (including phenoxy) is 1. The van der Waals surface area contributed by atoms with Crippen LogP contribution in [-0.4, -0.2) is 74.1 Å². The van der Waals surface area contributed by atoms with Crippen molar-refractivity contribution in [2.75, 3.05) is 47.4 Å². The monoisotopic (exact) mass is 377 g/mol. The molecule has 6 nitrogen and oxygen atoms in total. The molecule has 0 spiro atoms. The molecule has 2 aliphatic heterocycles. The zero-order valence-electron chi connectivity index (χ0n) is 16.2. The van der Waals surface area contributed by atoms with Gasteiger partial charge in [-0.15, -0.1) is 0 Å². The number of amides is 2. The quantitative estimate of drug-likeness (QED) is 0.740. The van der Waals surface area contributed by atoms with Crippen molar-refractivity contribution in [2.45, 2.75) is 18.9 Å². The Balaban J connectivity index is 1.73. The first-order valence-corrected chi connectivity index (χ1v) is 9.43. The fraction of sp³-hybridized carbons (Fsp3) is 0.600. The zero-order chi connectivity index (χ0) is 19.6. The molecular formula is C20H28FN3O3. The lowest BCUT2D eigenvalue weighted by Gasteiger charge is -2.31. The number of fused-ring (bicyclic) bond motifs is 1. The molecule has 0 N–H and O–H groups in total. The van der Waals surface area contributed by atoms with Crippen LogP contribution in [-0.2, 0) is 9.53 Å². The molecule has 0 aliphatic carbocycles. The Labute approximate surface area is 159 Å². The molecule has 0 radical (unpaired) electrons. The van der Waals surface area contributed by atoms with Crippen molar-refractivity contribution in [3.63, 3.8) is 0 Å². The molecule has 0 aromatic heterocycles. The van der Waals surface area contributed by atoms with Gasteiger partial charge < -0.3 is 19.4 Å². The molecule has 148 valence electrons. The maximum Gasteiger partial charge on any atom is 0.320 e. The summed E-state index contributed by atoms with van der Waals surface area (Å²) < 4.78 is 18.5. The third-order valence-electron chi connectivity index (χ3n) is 5.64. The molecule has 27 heavy (non-hydrogen) atoms. The normalized spacial score (nSPS) is 24.7. The molecule has 7 heteroatoms. The average Bonchev–Trinajstić information content (AvgIpc) is 3.17. The Hall–Kier alpha value is -2.15. The predicted molar refractivity (Wildman–Crippen MR) is 99.6 cm³/mol. The Morgan fingerprint density at radius 2 is 2.04 bits per heavy atom. The number of benzene rings is 1. The van der Waals surface area contributed by atoms with Crippen molar-refractivity contribution < 1.29 is 18.7 Å². The first-order valence-electron chi connectivity index (χ1n) is 9.43. The second-order valence-electron chi connectivity index (χ2n) is 7.69. The van der Waals surface area contributed by atoms with E-state index < -0.39 is 0 Å². The van der Waals surface area contributed by atoms with Crippen LogP contribution in [0.25, 0.3) is 0 Å². The van der Waals surface area contributed by atoms with Gasteiger partial charge >= 0.3 is 12.0 Å². The summed E-state index contributed by atoms with van der Waals surface area (Å²) in [6, 6.07) is 6.44. The first kappa shape index (κ1) is 19.6. The highest BCUT2D eigenvalue weighted by Crippen LogP contribution is 2.45. The van der Waals surface area contributed by atoms with Crippen LogP contribution in [0.4, 0.5) is 9.18 Å². The molecule has 2 amide bonds. The van der Waals surface area contributed by atoms with E-state index in [9.17, 15) is 14.0 Å². The lowest BCUT2D eigenvalue weighted by molar-refractivity contribution is -0.140. The van der Waals surface area contributed by atoms with Gasteiger partial charge in [-0.2, -0.15) is 0 Å². The third kappa shape index (κ3) is 4.24. The van der Waals surface area contributed by atoms with E-state index in [0.29, 0.717) is 18.9 Å². The van der Waals surface area contributed by atoms with Gasteiger partial charge in [0.25, 0.3) is 0 Å². The first-order chi connectivity index (χ1) is 12.9. The SMILES string of the molecule is COC(=O)CCCN1C[C@@H]2CN(C(=O)N(C)C)[C@H](c3cccc(F)c3)[C@@H]2C1. The van der Waals surface area contributed by atoms with Gasteiger partial charge in [0.1, 0.15) is 5.82 Å². The van der Waals surface area contributed by atoms with Crippen LogP contribution in [0, 0.1) is 17.7 Å². The molecule has 0 bridgehead atoms. The standard InChI is InChI=1S/C20H28FN3O3/c1-22(2)20(26)24-12-15-11-23(9-5-8-18(25)27-3)13-17(15)19(24)14-6-4-7-16(21)10-14/h4,6-7,10,15,17,19H,5,8-9,11-13H2,1-3H3/t15-,17-,19-/m1/s1. The minimum absolute atomic E-state index is 0.0316. The number of carbonyl (C=O) groups excluding carboxylic acids is 2. The highest BCUT2D eigenvalue weighted by atomic mass is 19.1. The molecule has 1 aromatic rings. The molecule has 0 saturated carbocycles. The maximum absolute atomic E-state index is 13.8. The highest BCUT2D eigenvalue weighted by molar-refractivity contribution is 5.75. The fourth-order valence-corrected chi connectivity index (χ4v) is 4.44. The second kappa shape index (κ2) is 8.25. The topological polar surface area (TPSA) is 53.1 Å². The molecule has 3 atom stereocenters. The van der Waals surface area contributed by atoms with Crippen molar-refractivity contribution in [3.05, 3.63) is 35.6 Å². The zero-order valence-corrected chi connectivity index (χ0v) is 16.2. The minimum Gasteiger partial charge on any atom is -0.469 e. The summed E-state index contributed by atoms with van der Waals surface area (Å²) in [7, 11) is 4.90. The van der Waals surface area contributed by atoms with Gasteiger partial charge in [0.15, 0.2) is 0 Å². The van der Waals surface area contributed by atoms with E-state index in [-0.39, 0.29) is 29.8 Å². The van der Waals surface area contributed by atoms with Gasteiger partial charge in [-0.3, -0.25) is 4.79 Å². The fourth-order valence-electron chi connectivity index (χ4n) is 4.44. The van der Waals surface area contributed by atoms with Crippen LogP contribution in [0.3, 0.4) is 0 Å². The van der Waals surface area contributed by atoms with E-state index in [1.807, 2.05) is 11.0 Å². The summed E-state index contributed by atoms with van der Waals surface area (Å²) in [6.07, 6.45) is 1.18. The molecule has 2 saturated heterocycles. The Kier molecular flexibility index (Phi) is 5.99. The number of hydrogen-bond acceptors (Lipinski definition) is 4. The van der Waals surface area contributed by atoms with Crippen molar-refractivity contribution in [2.24, 2.45) is 11.8 Å². The molecule has 2 heterocycles. The molecular weight excluding hydrogens is 349 g/mol. The minimum atomic E-state index is -0.277. The number of carbonyl (C=O) groups is 2. The second-order valence-corrected chi connectivity index (χ2v) is 7.69. The van der Waals surface area contributed by atoms with E-state index in [1.54, 1.807) is 31.1 Å². The van der Waals surface area contributed by atoms with E-state index in [1.165, 1.54) is 13.2 Å². The lowest BCUT2D eigenvalue weighted by atomic mass is 9.89. The maximum atomic E-state index is 13.8. The van der Waals surface area contributed by atoms with Gasteiger partial charge in [-0.05, 0) is 36.6 Å². The van der Waals surface area contributed by atoms with Crippen molar-refractivity contribution in [3.8, 4) is 0 Å². The molecule has 2 fully saturated rings. The van der Waals surface area contributed by atoms with Crippen molar-refractivity contribution in [1.82, 2.24) is 14.7 Å². The van der Waals surface area contributed by atoms with Gasteiger partial charge in [-0.25, -0.2) is 9.18 Å². The Morgan fingerprint density at radius 1 is 1.26 bits per heavy atom. The number of hydrogen-bond donors (Lipinski definition) is 0. The van der Waals surface area contributed by atoms with Crippen molar-refractivity contribution >= 4 is 12.0 Å². The largest absolute Gasteiger partial charge is 0.469 e. The Morgan fingerprint density at radius 3 is 2.70 bits per heavy atom. The molecule has 2 aliphatic rings. The number of halogens is 1. The van der Waals surface area contributed by atoms with Crippen LogP contribution >= 0.6 is 0 Å². The summed E-state index contributed by atoms with van der Waals surface area (Å²) in [4.78, 5) is 29.8. The number of rotatable bonds is 5. The number of likely N-dealkylation sites (tertiary alicyclic amines) is 2. The summed E-state index contributed by atoms with van der Waals surface area (Å²) in [5.41, 5.74) is 0.856. The van der Waals surface area contributed by atoms with E-state index >= 15 is 0 Å². The number of methoxy groups -OCH3 is 1. The predicted octanol–water partition coefficient (Wildman–Crippen LogP) is 2.37. The van der Waals surface area contributed by atoms with Crippen LogP contribution in [0.2, 0.25) is 0 Å². The molecule has 1 aromatic carbocycles. The lowest BCUT2D eigenvalue weighted by Crippen LogP contribution is -2.41. The van der Waals surface area contributed by atoms with Gasteiger partial charge in [0.2, 0.25) is 0 Å². The Bertz CT molecular complexity index is 697. The number of nitrogens with zero attached hydrogens (tertiary/aromatic N) is 3. The van der Waals surface area contributed by atoms with Crippen LogP contribution < -0.4 is 0 Å². The molecule has 0 unspecified atom stereocenters. The van der Waals surface area contributed by atoms with E-state index in [4.69, 9.17) is 4.74 Å². The van der Waals surface area contributed by atoms with Crippen LogP contribution in [0.15, 0.2) is 24.3 Å². The van der Waals surface area contributed by atoms with Gasteiger partial charge in [-0.1, -0.05) is 12.1 Å². The number of esters is 1. The third-order valence-corrected chi connectivity index (χ3v) is 5.64. The summed E-state index contributed by atoms with van der Waals surface area (Å²) in [5.74, 6) is 0.171. The molecule has 3 rings (SSSR count). The van der Waals surface area contributed by atoms with E-state index in [0.717, 1.165) is 31.6 Å². The van der Waals surface area contributed by atoms with Gasteiger partial charge in [0.05, 0.1) is 13.2 Å². The highest BCUT2D eigenvalue weighted by Gasteiger charge is 2.49. The summed E-state index contributed by atoms with van der Waals surface area (Å²) in [5, 5.41) is 0. The number of urea groups is 1. The smallest absolute Gasteiger partial charge is 0.320 e.